The number of anilines is 1. The van der Waals surface area contributed by atoms with Gasteiger partial charge in [0.1, 0.15) is 0 Å². The van der Waals surface area contributed by atoms with Crippen LogP contribution in [-0.4, -0.2) is 72.5 Å². The molecule has 6 rings (SSSR count). The van der Waals surface area contributed by atoms with Gasteiger partial charge in [-0.05, 0) is 74.8 Å². The largest absolute Gasteiger partial charge is 0.397 e. The molecule has 1 aromatic carbocycles. The minimum atomic E-state index is 0.00421. The van der Waals surface area contributed by atoms with Gasteiger partial charge in [-0.2, -0.15) is 0 Å². The second kappa shape index (κ2) is 8.56. The van der Waals surface area contributed by atoms with Crippen molar-refractivity contribution in [1.82, 2.24) is 20.4 Å². The van der Waals surface area contributed by atoms with Crippen LogP contribution in [0, 0.1) is 5.92 Å². The molecule has 0 radical (unpaired) electrons. The van der Waals surface area contributed by atoms with Crippen molar-refractivity contribution >= 4 is 23.7 Å². The normalized spacial score (nSPS) is 28.5. The van der Waals surface area contributed by atoms with E-state index in [-0.39, 0.29) is 11.9 Å². The van der Waals surface area contributed by atoms with E-state index in [1.807, 2.05) is 29.2 Å². The lowest BCUT2D eigenvalue weighted by atomic mass is 9.79. The topological polar surface area (TPSA) is 83.7 Å². The standard InChI is InChI=1S/C21H27N5O3S/c1-14-18(15-6-8-25(14)9-7-15)22-19(27)16-2-4-17(5-3-16)30-21-24-23-20(29-21)26-10-12-28-13-11-26/h2-5,14-15,18H,6-13H2,1H3,(H,22,27)/t14-,18-/m0/s1. The Bertz CT molecular complexity index is 873. The summed E-state index contributed by atoms with van der Waals surface area (Å²) in [7, 11) is 0. The number of carbonyl (C=O) groups is 1. The van der Waals surface area contributed by atoms with Gasteiger partial charge in [-0.25, -0.2) is 0 Å². The number of ether oxygens (including phenoxy) is 1. The third-order valence-corrected chi connectivity index (χ3v) is 7.32. The summed E-state index contributed by atoms with van der Waals surface area (Å²) in [5, 5.41) is 12.0. The summed E-state index contributed by atoms with van der Waals surface area (Å²) in [4.78, 5) is 18.3. The molecule has 30 heavy (non-hydrogen) atoms. The van der Waals surface area contributed by atoms with Crippen LogP contribution in [-0.2, 0) is 4.74 Å². The number of nitrogens with zero attached hydrogens (tertiary/aromatic N) is 4. The van der Waals surface area contributed by atoms with Gasteiger partial charge in [-0.1, -0.05) is 10.2 Å². The highest BCUT2D eigenvalue weighted by Gasteiger charge is 2.40. The molecular weight excluding hydrogens is 402 g/mol. The van der Waals surface area contributed by atoms with Crippen LogP contribution in [0.3, 0.4) is 0 Å². The second-order valence-corrected chi connectivity index (χ2v) is 9.21. The predicted molar refractivity (Wildman–Crippen MR) is 113 cm³/mol. The van der Waals surface area contributed by atoms with E-state index < -0.39 is 0 Å². The number of hydrogen-bond acceptors (Lipinski definition) is 8. The molecule has 4 saturated heterocycles. The predicted octanol–water partition coefficient (Wildman–Crippen LogP) is 2.27. The zero-order valence-corrected chi connectivity index (χ0v) is 17.9. The highest BCUT2D eigenvalue weighted by atomic mass is 32.2. The number of nitrogens with one attached hydrogen (secondary N) is 1. The smallest absolute Gasteiger partial charge is 0.318 e. The summed E-state index contributed by atoms with van der Waals surface area (Å²) in [6.07, 6.45) is 2.36. The first-order valence-electron chi connectivity index (χ1n) is 10.7. The van der Waals surface area contributed by atoms with E-state index in [0.29, 0.717) is 42.0 Å². The quantitative estimate of drug-likeness (QED) is 0.775. The number of fused-ring (bicyclic) bond motifs is 3. The summed E-state index contributed by atoms with van der Waals surface area (Å²) in [6, 6.07) is 8.77. The van der Waals surface area contributed by atoms with Crippen LogP contribution < -0.4 is 10.2 Å². The Balaban J connectivity index is 1.19. The Kier molecular flexibility index (Phi) is 5.66. The molecule has 1 N–H and O–H groups in total. The maximum absolute atomic E-state index is 12.8. The fourth-order valence-corrected chi connectivity index (χ4v) is 5.35. The van der Waals surface area contributed by atoms with Crippen LogP contribution in [0.15, 0.2) is 38.8 Å². The number of hydrogen-bond donors (Lipinski definition) is 1. The van der Waals surface area contributed by atoms with Crippen LogP contribution in [0.1, 0.15) is 30.1 Å². The third kappa shape index (κ3) is 4.06. The summed E-state index contributed by atoms with van der Waals surface area (Å²) in [6.45, 7) is 7.41. The van der Waals surface area contributed by atoms with E-state index in [2.05, 4.69) is 27.3 Å². The molecule has 8 nitrogen and oxygen atoms in total. The van der Waals surface area contributed by atoms with Crippen molar-refractivity contribution in [2.24, 2.45) is 5.92 Å². The molecule has 4 aliphatic rings. The number of benzene rings is 1. The van der Waals surface area contributed by atoms with Crippen molar-refractivity contribution in [3.05, 3.63) is 29.8 Å². The molecule has 0 saturated carbocycles. The summed E-state index contributed by atoms with van der Waals surface area (Å²) in [5.74, 6) is 0.603. The Morgan fingerprint density at radius 1 is 1.10 bits per heavy atom. The van der Waals surface area contributed by atoms with Crippen molar-refractivity contribution in [2.45, 2.75) is 42.0 Å². The lowest BCUT2D eigenvalue weighted by Crippen LogP contribution is -2.62. The highest BCUT2D eigenvalue weighted by Crippen LogP contribution is 2.32. The number of amides is 1. The molecule has 4 aliphatic heterocycles. The van der Waals surface area contributed by atoms with E-state index in [1.165, 1.54) is 24.6 Å². The second-order valence-electron chi connectivity index (χ2n) is 8.19. The lowest BCUT2D eigenvalue weighted by molar-refractivity contribution is 0.0217. The van der Waals surface area contributed by atoms with Crippen LogP contribution in [0.25, 0.3) is 0 Å². The fraction of sp³-hybridized carbons (Fsp3) is 0.571. The molecule has 9 heteroatoms. The number of aromatic nitrogens is 2. The number of rotatable bonds is 5. The van der Waals surface area contributed by atoms with Gasteiger partial charge < -0.3 is 19.4 Å². The Hall–Kier alpha value is -2.10. The molecule has 1 aromatic heterocycles. The molecule has 2 atom stereocenters. The molecular formula is C21H27N5O3S. The maximum atomic E-state index is 12.8. The van der Waals surface area contributed by atoms with Gasteiger partial charge in [0.25, 0.3) is 11.1 Å². The first-order chi connectivity index (χ1) is 14.7. The third-order valence-electron chi connectivity index (χ3n) is 6.47. The minimum absolute atomic E-state index is 0.00421. The Morgan fingerprint density at radius 2 is 1.83 bits per heavy atom. The highest BCUT2D eigenvalue weighted by molar-refractivity contribution is 7.99. The van der Waals surface area contributed by atoms with Crippen LogP contribution >= 0.6 is 11.8 Å². The van der Waals surface area contributed by atoms with E-state index in [0.717, 1.165) is 31.1 Å². The number of piperidine rings is 3. The van der Waals surface area contributed by atoms with E-state index >= 15 is 0 Å². The van der Waals surface area contributed by atoms with E-state index in [4.69, 9.17) is 9.15 Å². The summed E-state index contributed by atoms with van der Waals surface area (Å²) >= 11 is 1.40. The molecule has 160 valence electrons. The van der Waals surface area contributed by atoms with E-state index in [1.54, 1.807) is 0 Å². The number of carbonyl (C=O) groups excluding carboxylic acids is 1. The molecule has 5 heterocycles. The Labute approximate surface area is 180 Å². The SMILES string of the molecule is C[C@H]1[C@H](NC(=O)c2ccc(Sc3nnc(N4CCOCC4)o3)cc2)C2CCN1CC2. The molecule has 0 aliphatic carbocycles. The minimum Gasteiger partial charge on any atom is -0.397 e. The van der Waals surface area contributed by atoms with Crippen molar-refractivity contribution in [1.29, 1.82) is 0 Å². The van der Waals surface area contributed by atoms with Gasteiger partial charge in [0.2, 0.25) is 0 Å². The summed E-state index contributed by atoms with van der Waals surface area (Å²) in [5.41, 5.74) is 0.683. The zero-order chi connectivity index (χ0) is 20.5. The van der Waals surface area contributed by atoms with Gasteiger partial charge in [0, 0.05) is 35.6 Å². The molecule has 0 unspecified atom stereocenters. The van der Waals surface area contributed by atoms with Crippen LogP contribution in [0.2, 0.25) is 0 Å². The Morgan fingerprint density at radius 3 is 2.53 bits per heavy atom. The van der Waals surface area contributed by atoms with Gasteiger partial charge in [-0.3, -0.25) is 9.69 Å². The van der Waals surface area contributed by atoms with Crippen molar-refractivity contribution < 1.29 is 13.9 Å². The lowest BCUT2D eigenvalue weighted by Gasteiger charge is -2.49. The summed E-state index contributed by atoms with van der Waals surface area (Å²) < 4.78 is 11.1. The average molecular weight is 430 g/mol. The number of morpholine rings is 1. The molecule has 1 amide bonds. The van der Waals surface area contributed by atoms with Crippen LogP contribution in [0.4, 0.5) is 6.01 Å². The van der Waals surface area contributed by atoms with Gasteiger partial charge in [-0.15, -0.1) is 0 Å². The van der Waals surface area contributed by atoms with Crippen molar-refractivity contribution in [3.63, 3.8) is 0 Å². The fourth-order valence-electron chi connectivity index (χ4n) is 4.68. The first-order valence-corrected chi connectivity index (χ1v) is 11.5. The molecule has 2 bridgehead atoms. The first kappa shape index (κ1) is 19.8. The van der Waals surface area contributed by atoms with Crippen molar-refractivity contribution in [3.8, 4) is 0 Å². The monoisotopic (exact) mass is 429 g/mol. The van der Waals surface area contributed by atoms with Crippen LogP contribution in [0.5, 0.6) is 0 Å². The zero-order valence-electron chi connectivity index (χ0n) is 17.1. The molecule has 4 fully saturated rings. The molecule has 2 aromatic rings. The van der Waals surface area contributed by atoms with Crippen molar-refractivity contribution in [2.75, 3.05) is 44.3 Å². The van der Waals surface area contributed by atoms with Gasteiger partial charge >= 0.3 is 6.01 Å². The average Bonchev–Trinajstić information content (AvgIpc) is 3.26. The maximum Gasteiger partial charge on any atom is 0.318 e. The van der Waals surface area contributed by atoms with Gasteiger partial charge in [0.05, 0.1) is 13.2 Å². The van der Waals surface area contributed by atoms with Gasteiger partial charge in [0.15, 0.2) is 0 Å². The molecule has 0 spiro atoms. The van der Waals surface area contributed by atoms with E-state index in [9.17, 15) is 4.79 Å².